The van der Waals surface area contributed by atoms with Crippen LogP contribution in [0.3, 0.4) is 0 Å². The summed E-state index contributed by atoms with van der Waals surface area (Å²) in [5.41, 5.74) is 1.02. The third kappa shape index (κ3) is 7.98. The quantitative estimate of drug-likeness (QED) is 0.458. The lowest BCUT2D eigenvalue weighted by atomic mass is 9.49. The highest BCUT2D eigenvalue weighted by molar-refractivity contribution is 6.59. The van der Waals surface area contributed by atoms with Crippen LogP contribution in [0, 0.1) is 0 Å². The number of hydrogen-bond donors (Lipinski definition) is 2. The van der Waals surface area contributed by atoms with E-state index in [9.17, 15) is 0 Å². The molecule has 0 aliphatic carbocycles. The Morgan fingerprint density at radius 2 is 1.48 bits per heavy atom. The molecule has 0 bridgehead atoms. The van der Waals surface area contributed by atoms with Crippen molar-refractivity contribution in [3.8, 4) is 0 Å². The van der Waals surface area contributed by atoms with E-state index in [0.717, 1.165) is 12.8 Å². The largest absolute Gasteiger partial charge is 0.491 e. The molecule has 1 heterocycles. The van der Waals surface area contributed by atoms with Gasteiger partial charge in [-0.1, -0.05) is 83.9 Å². The van der Waals surface area contributed by atoms with Crippen molar-refractivity contribution in [1.82, 2.24) is 9.97 Å². The van der Waals surface area contributed by atoms with Gasteiger partial charge in [0.15, 0.2) is 0 Å². The van der Waals surface area contributed by atoms with Gasteiger partial charge in [-0.25, -0.2) is 0 Å². The van der Waals surface area contributed by atoms with Crippen LogP contribution in [0.5, 0.6) is 0 Å². The van der Waals surface area contributed by atoms with E-state index in [2.05, 4.69) is 38.0 Å². The van der Waals surface area contributed by atoms with Gasteiger partial charge in [-0.3, -0.25) is 9.97 Å². The molecule has 0 amide bonds. The summed E-state index contributed by atoms with van der Waals surface area (Å²) in [5.74, 6) is 0. The number of unbranched alkanes of at least 4 members (excludes halogenated alkanes) is 5. The molecule has 1 unspecified atom stereocenters. The molecule has 0 aliphatic heterocycles. The molecule has 1 aromatic rings. The molecule has 23 heavy (non-hydrogen) atoms. The van der Waals surface area contributed by atoms with E-state index in [4.69, 9.17) is 10.0 Å². The van der Waals surface area contributed by atoms with Crippen LogP contribution >= 0.6 is 0 Å². The number of aromatic nitrogens is 2. The van der Waals surface area contributed by atoms with Gasteiger partial charge in [-0.2, -0.15) is 0 Å². The molecule has 0 fully saturated rings. The van der Waals surface area contributed by atoms with E-state index in [-0.39, 0.29) is 5.31 Å². The first kappa shape index (κ1) is 20.2. The molecule has 0 saturated carbocycles. The standard InChI is InChI=1S/C17H31B2N2O2/c1-4-6-8-10-12-17(3,11-9-7-5-2)18-16-20-13-15(14-21-16)19(22)23/h13-14,22-23H,4-12H2,1-3H3. The van der Waals surface area contributed by atoms with Crippen LogP contribution in [0.4, 0.5) is 0 Å². The SMILES string of the molecule is CCCCCCC(C)([B]c1ncc(B(O)O)cn1)CCCCC. The minimum absolute atomic E-state index is 0.113. The molecule has 0 aromatic carbocycles. The maximum Gasteiger partial charge on any atom is 0.491 e. The summed E-state index contributed by atoms with van der Waals surface area (Å²) in [5, 5.41) is 18.4. The lowest BCUT2D eigenvalue weighted by Crippen LogP contribution is -2.37. The summed E-state index contributed by atoms with van der Waals surface area (Å²) in [4.78, 5) is 8.54. The van der Waals surface area contributed by atoms with Crippen LogP contribution in [0.25, 0.3) is 0 Å². The molecule has 1 atom stereocenters. The second-order valence-electron chi connectivity index (χ2n) is 6.81. The van der Waals surface area contributed by atoms with E-state index >= 15 is 0 Å². The zero-order chi connectivity index (χ0) is 17.1. The predicted molar refractivity (Wildman–Crippen MR) is 98.5 cm³/mol. The lowest BCUT2D eigenvalue weighted by Gasteiger charge is -2.28. The van der Waals surface area contributed by atoms with Crippen molar-refractivity contribution >= 4 is 25.6 Å². The number of rotatable bonds is 12. The summed E-state index contributed by atoms with van der Waals surface area (Å²) in [6.45, 7) is 6.76. The first-order valence-electron chi connectivity index (χ1n) is 9.04. The van der Waals surface area contributed by atoms with Crippen molar-refractivity contribution in [2.75, 3.05) is 0 Å². The highest BCUT2D eigenvalue weighted by Crippen LogP contribution is 2.37. The zero-order valence-corrected chi connectivity index (χ0v) is 15.0. The van der Waals surface area contributed by atoms with Gasteiger partial charge in [-0.05, 0) is 0 Å². The number of nitrogens with zero attached hydrogens (tertiary/aromatic N) is 2. The molecule has 0 spiro atoms. The first-order chi connectivity index (χ1) is 11.0. The predicted octanol–water partition coefficient (Wildman–Crippen LogP) is 2.22. The van der Waals surface area contributed by atoms with Crippen molar-refractivity contribution in [2.45, 2.75) is 83.9 Å². The zero-order valence-electron chi connectivity index (χ0n) is 15.0. The number of hydrogen-bond acceptors (Lipinski definition) is 4. The van der Waals surface area contributed by atoms with Gasteiger partial charge >= 0.3 is 7.12 Å². The molecule has 1 radical (unpaired) electrons. The van der Waals surface area contributed by atoms with Crippen LogP contribution < -0.4 is 11.2 Å². The summed E-state index contributed by atoms with van der Waals surface area (Å²) >= 11 is 0. The molecule has 4 nitrogen and oxygen atoms in total. The topological polar surface area (TPSA) is 66.2 Å². The van der Waals surface area contributed by atoms with Crippen molar-refractivity contribution in [3.63, 3.8) is 0 Å². The lowest BCUT2D eigenvalue weighted by molar-refractivity contribution is 0.425. The van der Waals surface area contributed by atoms with Crippen LogP contribution in [-0.4, -0.2) is 34.4 Å². The van der Waals surface area contributed by atoms with E-state index in [1.165, 1.54) is 57.3 Å². The van der Waals surface area contributed by atoms with Crippen LogP contribution in [0.15, 0.2) is 12.4 Å². The van der Waals surface area contributed by atoms with Crippen molar-refractivity contribution < 1.29 is 10.0 Å². The van der Waals surface area contributed by atoms with Crippen molar-refractivity contribution in [3.05, 3.63) is 12.4 Å². The van der Waals surface area contributed by atoms with E-state index < -0.39 is 7.12 Å². The minimum atomic E-state index is -1.51. The highest BCUT2D eigenvalue weighted by atomic mass is 16.4. The Kier molecular flexibility index (Phi) is 9.49. The third-order valence-corrected chi connectivity index (χ3v) is 4.42. The molecular formula is C17H31B2N2O2. The average molecular weight is 317 g/mol. The highest BCUT2D eigenvalue weighted by Gasteiger charge is 2.27. The second kappa shape index (κ2) is 10.8. The van der Waals surface area contributed by atoms with Crippen molar-refractivity contribution in [2.24, 2.45) is 0 Å². The van der Waals surface area contributed by atoms with E-state index in [1.807, 2.05) is 0 Å². The van der Waals surface area contributed by atoms with Gasteiger partial charge in [0.2, 0.25) is 7.28 Å². The second-order valence-corrected chi connectivity index (χ2v) is 6.81. The average Bonchev–Trinajstić information content (AvgIpc) is 2.52. The van der Waals surface area contributed by atoms with E-state index in [0.29, 0.717) is 11.2 Å². The summed E-state index contributed by atoms with van der Waals surface area (Å²) < 4.78 is 0. The maximum atomic E-state index is 9.12. The van der Waals surface area contributed by atoms with Gasteiger partial charge in [0, 0.05) is 17.9 Å². The normalized spacial score (nSPS) is 13.6. The molecule has 2 N–H and O–H groups in total. The van der Waals surface area contributed by atoms with Gasteiger partial charge in [0.25, 0.3) is 0 Å². The third-order valence-electron chi connectivity index (χ3n) is 4.42. The summed E-state index contributed by atoms with van der Waals surface area (Å²) in [6.07, 6.45) is 14.1. The molecule has 0 saturated heterocycles. The Balaban J connectivity index is 2.65. The monoisotopic (exact) mass is 317 g/mol. The van der Waals surface area contributed by atoms with Gasteiger partial charge in [0.05, 0.1) is 5.72 Å². The minimum Gasteiger partial charge on any atom is -0.423 e. The van der Waals surface area contributed by atoms with Crippen LogP contribution in [-0.2, 0) is 0 Å². The van der Waals surface area contributed by atoms with E-state index in [1.54, 1.807) is 0 Å². The smallest absolute Gasteiger partial charge is 0.423 e. The molecule has 1 rings (SSSR count). The molecule has 6 heteroatoms. The molecule has 127 valence electrons. The fraction of sp³-hybridized carbons (Fsp3) is 0.765. The summed E-state index contributed by atoms with van der Waals surface area (Å²) in [7, 11) is 0.663. The molecule has 0 aliphatic rings. The van der Waals surface area contributed by atoms with Crippen LogP contribution in [0.1, 0.15) is 78.6 Å². The van der Waals surface area contributed by atoms with Gasteiger partial charge in [-0.15, -0.1) is 0 Å². The molecule has 1 aromatic heterocycles. The van der Waals surface area contributed by atoms with Crippen molar-refractivity contribution in [1.29, 1.82) is 0 Å². The Hall–Kier alpha value is -0.870. The van der Waals surface area contributed by atoms with Gasteiger partial charge in [0.1, 0.15) is 0 Å². The Bertz CT molecular complexity index is 429. The van der Waals surface area contributed by atoms with Gasteiger partial charge < -0.3 is 10.0 Å². The Labute approximate surface area is 142 Å². The van der Waals surface area contributed by atoms with Crippen LogP contribution in [0.2, 0.25) is 5.31 Å². The molecular weight excluding hydrogens is 286 g/mol. The first-order valence-corrected chi connectivity index (χ1v) is 9.04. The maximum absolute atomic E-state index is 9.12. The fourth-order valence-electron chi connectivity index (χ4n) is 2.87. The Morgan fingerprint density at radius 1 is 0.957 bits per heavy atom. The fourth-order valence-corrected chi connectivity index (χ4v) is 2.87. The Morgan fingerprint density at radius 3 is 2.00 bits per heavy atom. The summed E-state index contributed by atoms with van der Waals surface area (Å²) in [6, 6.07) is 0.